The van der Waals surface area contributed by atoms with E-state index in [1.165, 1.54) is 18.4 Å². The molecule has 2 N–H and O–H groups in total. The van der Waals surface area contributed by atoms with E-state index < -0.39 is 5.60 Å². The zero-order valence-electron chi connectivity index (χ0n) is 14.5. The number of methoxy groups -OCH3 is 1. The molecule has 3 atom stereocenters. The minimum Gasteiger partial charge on any atom is -0.497 e. The summed E-state index contributed by atoms with van der Waals surface area (Å²) < 4.78 is 5.25. The maximum absolute atomic E-state index is 11.5. The van der Waals surface area contributed by atoms with Gasteiger partial charge in [0.2, 0.25) is 0 Å². The Bertz CT molecular complexity index is 631. The van der Waals surface area contributed by atoms with E-state index in [1.807, 2.05) is 37.3 Å². The summed E-state index contributed by atoms with van der Waals surface area (Å²) in [6.45, 7) is 2.95. The largest absolute Gasteiger partial charge is 0.497 e. The van der Waals surface area contributed by atoms with Crippen molar-refractivity contribution < 1.29 is 9.84 Å². The fourth-order valence-electron chi connectivity index (χ4n) is 3.88. The van der Waals surface area contributed by atoms with Gasteiger partial charge in [-0.05, 0) is 49.6 Å². The van der Waals surface area contributed by atoms with Crippen LogP contribution in [0.5, 0.6) is 5.75 Å². The van der Waals surface area contributed by atoms with Gasteiger partial charge in [0.15, 0.2) is 0 Å². The van der Waals surface area contributed by atoms with Crippen molar-refractivity contribution in [1.82, 2.24) is 5.32 Å². The maximum Gasteiger partial charge on any atom is 0.118 e. The second-order valence-electron chi connectivity index (χ2n) is 6.82. The molecule has 0 radical (unpaired) electrons. The first kappa shape index (κ1) is 17.0. The topological polar surface area (TPSA) is 41.5 Å². The molecule has 2 aromatic rings. The number of benzene rings is 2. The highest BCUT2D eigenvalue weighted by Crippen LogP contribution is 2.41. The van der Waals surface area contributed by atoms with Crippen LogP contribution in [0.15, 0.2) is 54.6 Å². The fraction of sp³-hybridized carbons (Fsp3) is 0.429. The third-order valence-electron chi connectivity index (χ3n) is 5.19. The lowest BCUT2D eigenvalue weighted by atomic mass is 9.72. The second kappa shape index (κ2) is 7.37. The molecule has 0 aromatic heterocycles. The number of aliphatic hydroxyl groups is 1. The van der Waals surface area contributed by atoms with Crippen molar-refractivity contribution in [3.63, 3.8) is 0 Å². The van der Waals surface area contributed by atoms with Gasteiger partial charge in [0.1, 0.15) is 5.75 Å². The molecule has 0 bridgehead atoms. The Hall–Kier alpha value is -1.84. The Balaban J connectivity index is 1.98. The van der Waals surface area contributed by atoms with Crippen LogP contribution in [0.2, 0.25) is 0 Å². The minimum absolute atomic E-state index is 0.00685. The van der Waals surface area contributed by atoms with Gasteiger partial charge in [0, 0.05) is 12.0 Å². The van der Waals surface area contributed by atoms with Crippen molar-refractivity contribution in [3.8, 4) is 5.75 Å². The summed E-state index contributed by atoms with van der Waals surface area (Å²) in [4.78, 5) is 0. The molecule has 128 valence electrons. The van der Waals surface area contributed by atoms with Gasteiger partial charge in [0.25, 0.3) is 0 Å². The molecular weight excluding hydrogens is 298 g/mol. The number of nitrogens with one attached hydrogen (secondary N) is 1. The van der Waals surface area contributed by atoms with Gasteiger partial charge in [-0.2, -0.15) is 0 Å². The van der Waals surface area contributed by atoms with Crippen molar-refractivity contribution >= 4 is 0 Å². The predicted octanol–water partition coefficient (Wildman–Crippen LogP) is 3.83. The molecule has 24 heavy (non-hydrogen) atoms. The molecule has 3 heteroatoms. The van der Waals surface area contributed by atoms with Gasteiger partial charge in [-0.1, -0.05) is 48.9 Å². The third kappa shape index (κ3) is 3.47. The molecule has 0 amide bonds. The highest BCUT2D eigenvalue weighted by molar-refractivity contribution is 5.35. The van der Waals surface area contributed by atoms with Gasteiger partial charge in [-0.25, -0.2) is 0 Å². The van der Waals surface area contributed by atoms with E-state index in [0.29, 0.717) is 0 Å². The van der Waals surface area contributed by atoms with Crippen LogP contribution in [-0.2, 0) is 5.60 Å². The van der Waals surface area contributed by atoms with Crippen molar-refractivity contribution in [3.05, 3.63) is 65.7 Å². The molecule has 1 aliphatic rings. The van der Waals surface area contributed by atoms with Crippen LogP contribution in [0.1, 0.15) is 43.2 Å². The van der Waals surface area contributed by atoms with E-state index in [2.05, 4.69) is 29.6 Å². The standard InChI is InChI=1S/C21H27NO2/c1-21(23,17-11-13-18(24-2)14-12-17)20(16-8-4-3-5-9-16)19-10-6-7-15-22-19/h3-5,8-9,11-14,19-20,22-23H,6-7,10,15H2,1-2H3/t19-,20-,21+/m1/s1. The lowest BCUT2D eigenvalue weighted by Gasteiger charge is -2.41. The summed E-state index contributed by atoms with van der Waals surface area (Å²) >= 11 is 0. The van der Waals surface area contributed by atoms with Crippen LogP contribution < -0.4 is 10.1 Å². The van der Waals surface area contributed by atoms with E-state index in [1.54, 1.807) is 7.11 Å². The molecule has 2 aromatic carbocycles. The second-order valence-corrected chi connectivity index (χ2v) is 6.82. The van der Waals surface area contributed by atoms with Gasteiger partial charge in [-0.3, -0.25) is 0 Å². The Labute approximate surface area is 144 Å². The number of rotatable bonds is 5. The highest BCUT2D eigenvalue weighted by atomic mass is 16.5. The lowest BCUT2D eigenvalue weighted by molar-refractivity contribution is 0.00894. The van der Waals surface area contributed by atoms with E-state index in [0.717, 1.165) is 24.3 Å². The summed E-state index contributed by atoms with van der Waals surface area (Å²) in [5.41, 5.74) is 1.14. The van der Waals surface area contributed by atoms with Gasteiger partial charge < -0.3 is 15.2 Å². The first-order chi connectivity index (χ1) is 11.6. The summed E-state index contributed by atoms with van der Waals surface area (Å²) in [5.74, 6) is 0.814. The van der Waals surface area contributed by atoms with Crippen molar-refractivity contribution in [1.29, 1.82) is 0 Å². The maximum atomic E-state index is 11.5. The van der Waals surface area contributed by atoms with Crippen LogP contribution in [0, 0.1) is 0 Å². The molecule has 0 aliphatic carbocycles. The highest BCUT2D eigenvalue weighted by Gasteiger charge is 2.40. The SMILES string of the molecule is COc1ccc([C@](C)(O)[C@H](c2ccccc2)[C@H]2CCCCN2)cc1. The Morgan fingerprint density at radius 2 is 1.79 bits per heavy atom. The number of hydrogen-bond acceptors (Lipinski definition) is 3. The molecule has 0 unspecified atom stereocenters. The molecule has 1 aliphatic heterocycles. The van der Waals surface area contributed by atoms with E-state index in [-0.39, 0.29) is 12.0 Å². The molecular formula is C21H27NO2. The molecule has 3 rings (SSSR count). The molecule has 0 spiro atoms. The van der Waals surface area contributed by atoms with Crippen molar-refractivity contribution in [2.24, 2.45) is 0 Å². The summed E-state index contributed by atoms with van der Waals surface area (Å²) in [7, 11) is 1.66. The van der Waals surface area contributed by atoms with E-state index in [4.69, 9.17) is 4.74 Å². The third-order valence-corrected chi connectivity index (χ3v) is 5.19. The average Bonchev–Trinajstić information content (AvgIpc) is 2.63. The quantitative estimate of drug-likeness (QED) is 0.878. The predicted molar refractivity (Wildman–Crippen MR) is 97.4 cm³/mol. The Morgan fingerprint density at radius 1 is 1.08 bits per heavy atom. The normalized spacial score (nSPS) is 21.7. The number of piperidine rings is 1. The lowest BCUT2D eigenvalue weighted by Crippen LogP contribution is -2.47. The van der Waals surface area contributed by atoms with Gasteiger partial charge in [0.05, 0.1) is 12.7 Å². The summed E-state index contributed by atoms with van der Waals surface area (Å²) in [6, 6.07) is 18.4. The van der Waals surface area contributed by atoms with E-state index in [9.17, 15) is 5.11 Å². The zero-order valence-corrected chi connectivity index (χ0v) is 14.5. The summed E-state index contributed by atoms with van der Waals surface area (Å²) in [5, 5.41) is 15.2. The Kier molecular flexibility index (Phi) is 5.22. The first-order valence-corrected chi connectivity index (χ1v) is 8.78. The van der Waals surface area contributed by atoms with Gasteiger partial charge >= 0.3 is 0 Å². The number of ether oxygens (including phenoxy) is 1. The zero-order chi connectivity index (χ0) is 17.0. The van der Waals surface area contributed by atoms with Crippen LogP contribution in [0.25, 0.3) is 0 Å². The van der Waals surface area contributed by atoms with E-state index >= 15 is 0 Å². The van der Waals surface area contributed by atoms with Crippen LogP contribution in [-0.4, -0.2) is 24.8 Å². The first-order valence-electron chi connectivity index (χ1n) is 8.78. The van der Waals surface area contributed by atoms with Gasteiger partial charge in [-0.15, -0.1) is 0 Å². The Morgan fingerprint density at radius 3 is 2.38 bits per heavy atom. The molecule has 1 fully saturated rings. The fourth-order valence-corrected chi connectivity index (χ4v) is 3.88. The monoisotopic (exact) mass is 325 g/mol. The molecule has 1 saturated heterocycles. The van der Waals surface area contributed by atoms with Crippen LogP contribution in [0.4, 0.5) is 0 Å². The molecule has 0 saturated carbocycles. The van der Waals surface area contributed by atoms with Crippen LogP contribution in [0.3, 0.4) is 0 Å². The average molecular weight is 325 g/mol. The molecule has 1 heterocycles. The minimum atomic E-state index is -0.956. The number of hydrogen-bond donors (Lipinski definition) is 2. The van der Waals surface area contributed by atoms with Crippen molar-refractivity contribution in [2.75, 3.05) is 13.7 Å². The summed E-state index contributed by atoms with van der Waals surface area (Å²) in [6.07, 6.45) is 3.51. The van der Waals surface area contributed by atoms with Crippen LogP contribution >= 0.6 is 0 Å². The van der Waals surface area contributed by atoms with Crippen molar-refractivity contribution in [2.45, 2.75) is 43.7 Å². The smallest absolute Gasteiger partial charge is 0.118 e. The molecule has 3 nitrogen and oxygen atoms in total.